The second-order valence-electron chi connectivity index (χ2n) is 6.14. The van der Waals surface area contributed by atoms with Gasteiger partial charge in [0.2, 0.25) is 6.79 Å². The Morgan fingerprint density at radius 2 is 1.44 bits per heavy atom. The fraction of sp³-hybridized carbons (Fsp3) is 0.0909. The molecule has 0 unspecified atom stereocenters. The van der Waals surface area contributed by atoms with Crippen molar-refractivity contribution in [2.24, 2.45) is 0 Å². The van der Waals surface area contributed by atoms with E-state index in [1.165, 1.54) is 0 Å². The van der Waals surface area contributed by atoms with Gasteiger partial charge in [0.05, 0.1) is 0 Å². The largest absolute Gasteiger partial charge is 0.454 e. The molecular formula is C22H17NO4. The third-order valence-corrected chi connectivity index (χ3v) is 4.34. The van der Waals surface area contributed by atoms with Gasteiger partial charge >= 0.3 is 0 Å². The molecule has 27 heavy (non-hydrogen) atoms. The van der Waals surface area contributed by atoms with Crippen LogP contribution in [0.4, 0.5) is 0 Å². The maximum atomic E-state index is 12.4. The molecule has 0 radical (unpaired) electrons. The molecule has 134 valence electrons. The van der Waals surface area contributed by atoms with Gasteiger partial charge in [-0.3, -0.25) is 9.59 Å². The van der Waals surface area contributed by atoms with Gasteiger partial charge in [0.25, 0.3) is 5.91 Å². The first-order chi connectivity index (χ1) is 13.2. The van der Waals surface area contributed by atoms with Crippen LogP contribution in [0.5, 0.6) is 11.5 Å². The molecule has 0 spiro atoms. The van der Waals surface area contributed by atoms with Crippen molar-refractivity contribution in [1.29, 1.82) is 0 Å². The summed E-state index contributed by atoms with van der Waals surface area (Å²) in [6, 6.07) is 21.3. The van der Waals surface area contributed by atoms with Crippen molar-refractivity contribution < 1.29 is 19.1 Å². The predicted octanol–water partition coefficient (Wildman–Crippen LogP) is 3.58. The minimum absolute atomic E-state index is 0.0667. The molecule has 1 heterocycles. The minimum atomic E-state index is -0.202. The van der Waals surface area contributed by atoms with E-state index in [1.807, 2.05) is 36.4 Å². The zero-order valence-corrected chi connectivity index (χ0v) is 14.5. The number of amides is 1. The average molecular weight is 359 g/mol. The van der Waals surface area contributed by atoms with E-state index >= 15 is 0 Å². The molecule has 4 rings (SSSR count). The highest BCUT2D eigenvalue weighted by Crippen LogP contribution is 2.32. The molecule has 1 amide bonds. The van der Waals surface area contributed by atoms with Crippen LogP contribution in [0.1, 0.15) is 31.8 Å². The first-order valence-corrected chi connectivity index (χ1v) is 8.57. The Bertz CT molecular complexity index is 981. The summed E-state index contributed by atoms with van der Waals surface area (Å²) >= 11 is 0. The lowest BCUT2D eigenvalue weighted by molar-refractivity contribution is 0.0949. The second-order valence-corrected chi connectivity index (χ2v) is 6.14. The molecule has 1 aliphatic heterocycles. The Kier molecular flexibility index (Phi) is 4.58. The highest BCUT2D eigenvalue weighted by atomic mass is 16.7. The number of hydrogen-bond acceptors (Lipinski definition) is 4. The summed E-state index contributed by atoms with van der Waals surface area (Å²) in [5, 5.41) is 2.87. The monoisotopic (exact) mass is 359 g/mol. The summed E-state index contributed by atoms with van der Waals surface area (Å²) in [4.78, 5) is 24.8. The molecule has 5 nitrogen and oxygen atoms in total. The van der Waals surface area contributed by atoms with Crippen LogP contribution in [0.3, 0.4) is 0 Å². The van der Waals surface area contributed by atoms with Crippen molar-refractivity contribution in [2.45, 2.75) is 6.54 Å². The zero-order chi connectivity index (χ0) is 18.6. The third kappa shape index (κ3) is 3.67. The fourth-order valence-electron chi connectivity index (χ4n) is 2.86. The van der Waals surface area contributed by atoms with E-state index in [0.29, 0.717) is 34.7 Å². The molecule has 0 atom stereocenters. The Hall–Kier alpha value is -3.60. The number of hydrogen-bond donors (Lipinski definition) is 1. The normalized spacial score (nSPS) is 11.9. The maximum Gasteiger partial charge on any atom is 0.251 e. The van der Waals surface area contributed by atoms with Gasteiger partial charge in [-0.05, 0) is 29.8 Å². The van der Waals surface area contributed by atoms with E-state index < -0.39 is 0 Å². The van der Waals surface area contributed by atoms with E-state index in [0.717, 1.165) is 5.56 Å². The van der Waals surface area contributed by atoms with Gasteiger partial charge in [-0.25, -0.2) is 0 Å². The number of carbonyl (C=O) groups is 2. The van der Waals surface area contributed by atoms with E-state index in [9.17, 15) is 9.59 Å². The van der Waals surface area contributed by atoms with Crippen molar-refractivity contribution in [2.75, 3.05) is 6.79 Å². The first kappa shape index (κ1) is 16.8. The van der Waals surface area contributed by atoms with Crippen LogP contribution in [0, 0.1) is 0 Å². The van der Waals surface area contributed by atoms with Crippen molar-refractivity contribution in [3.05, 3.63) is 95.1 Å². The molecule has 0 bridgehead atoms. The summed E-state index contributed by atoms with van der Waals surface area (Å²) in [6.07, 6.45) is 0. The van der Waals surface area contributed by atoms with E-state index in [4.69, 9.17) is 9.47 Å². The number of benzene rings is 3. The third-order valence-electron chi connectivity index (χ3n) is 4.34. The highest BCUT2D eigenvalue weighted by Gasteiger charge is 2.14. The van der Waals surface area contributed by atoms with Crippen molar-refractivity contribution in [3.63, 3.8) is 0 Å². The van der Waals surface area contributed by atoms with E-state index in [1.54, 1.807) is 36.4 Å². The summed E-state index contributed by atoms with van der Waals surface area (Å²) in [6.45, 7) is 0.597. The number of carbonyl (C=O) groups excluding carboxylic acids is 2. The van der Waals surface area contributed by atoms with Crippen LogP contribution in [0.15, 0.2) is 72.8 Å². The molecule has 3 aromatic carbocycles. The van der Waals surface area contributed by atoms with Crippen molar-refractivity contribution in [3.8, 4) is 11.5 Å². The smallest absolute Gasteiger partial charge is 0.251 e. The molecule has 1 aliphatic rings. The van der Waals surface area contributed by atoms with Gasteiger partial charge in [0.1, 0.15) is 0 Å². The molecule has 3 aromatic rings. The molecule has 0 aliphatic carbocycles. The van der Waals surface area contributed by atoms with Gasteiger partial charge < -0.3 is 14.8 Å². The Morgan fingerprint density at radius 3 is 2.22 bits per heavy atom. The van der Waals surface area contributed by atoms with Gasteiger partial charge in [-0.1, -0.05) is 48.5 Å². The summed E-state index contributed by atoms with van der Waals surface area (Å²) < 4.78 is 10.6. The number of rotatable bonds is 5. The van der Waals surface area contributed by atoms with Gasteiger partial charge in [0, 0.05) is 23.2 Å². The SMILES string of the molecule is O=C(NCc1ccc2c(c1)OCO2)c1ccc(C(=O)c2ccccc2)cc1. The lowest BCUT2D eigenvalue weighted by Crippen LogP contribution is -2.22. The van der Waals surface area contributed by atoms with E-state index in [2.05, 4.69) is 5.32 Å². The van der Waals surface area contributed by atoms with Crippen LogP contribution in [0.25, 0.3) is 0 Å². The first-order valence-electron chi connectivity index (χ1n) is 8.57. The fourth-order valence-corrected chi connectivity index (χ4v) is 2.86. The summed E-state index contributed by atoms with van der Waals surface area (Å²) in [5.41, 5.74) is 2.59. The van der Waals surface area contributed by atoms with Gasteiger partial charge in [0.15, 0.2) is 17.3 Å². The quantitative estimate of drug-likeness (QED) is 0.707. The predicted molar refractivity (Wildman–Crippen MR) is 100 cm³/mol. The van der Waals surface area contributed by atoms with Gasteiger partial charge in [-0.2, -0.15) is 0 Å². The second kappa shape index (κ2) is 7.33. The number of ether oxygens (including phenoxy) is 2. The lowest BCUT2D eigenvalue weighted by Gasteiger charge is -2.07. The molecule has 1 N–H and O–H groups in total. The standard InChI is InChI=1S/C22H17NO4/c24-21(16-4-2-1-3-5-16)17-7-9-18(10-8-17)22(25)23-13-15-6-11-19-20(12-15)27-14-26-19/h1-12H,13-14H2,(H,23,25). The maximum absolute atomic E-state index is 12.4. The number of nitrogens with one attached hydrogen (secondary N) is 1. The average Bonchev–Trinajstić information content (AvgIpc) is 3.20. The number of ketones is 1. The molecule has 0 saturated carbocycles. The Labute approximate surface area is 156 Å². The summed E-state index contributed by atoms with van der Waals surface area (Å²) in [7, 11) is 0. The van der Waals surface area contributed by atoms with Crippen molar-refractivity contribution >= 4 is 11.7 Å². The molecule has 0 fully saturated rings. The topological polar surface area (TPSA) is 64.6 Å². The zero-order valence-electron chi connectivity index (χ0n) is 14.5. The summed E-state index contributed by atoms with van der Waals surface area (Å²) in [5.74, 6) is 1.13. The van der Waals surface area contributed by atoms with Gasteiger partial charge in [-0.15, -0.1) is 0 Å². The highest BCUT2D eigenvalue weighted by molar-refractivity contribution is 6.09. The molecule has 0 aromatic heterocycles. The van der Waals surface area contributed by atoms with Crippen LogP contribution < -0.4 is 14.8 Å². The molecule has 0 saturated heterocycles. The molecular weight excluding hydrogens is 342 g/mol. The molecule has 5 heteroatoms. The van der Waals surface area contributed by atoms with Crippen LogP contribution in [0.2, 0.25) is 0 Å². The van der Waals surface area contributed by atoms with E-state index in [-0.39, 0.29) is 18.5 Å². The Balaban J connectivity index is 1.40. The van der Waals surface area contributed by atoms with Crippen LogP contribution in [-0.2, 0) is 6.54 Å². The van der Waals surface area contributed by atoms with Crippen LogP contribution >= 0.6 is 0 Å². The van der Waals surface area contributed by atoms with Crippen molar-refractivity contribution in [1.82, 2.24) is 5.32 Å². The Morgan fingerprint density at radius 1 is 0.778 bits per heavy atom. The lowest BCUT2D eigenvalue weighted by atomic mass is 10.0. The van der Waals surface area contributed by atoms with Crippen LogP contribution in [-0.4, -0.2) is 18.5 Å². The number of fused-ring (bicyclic) bond motifs is 1. The minimum Gasteiger partial charge on any atom is -0.454 e.